The smallest absolute Gasteiger partial charge is 0.191 e. The minimum absolute atomic E-state index is 0.243. The van der Waals surface area contributed by atoms with Crippen molar-refractivity contribution in [3.05, 3.63) is 53.6 Å². The summed E-state index contributed by atoms with van der Waals surface area (Å²) in [6.45, 7) is 4.59. The number of ether oxygens (including phenoxy) is 1. The molecule has 28 heavy (non-hydrogen) atoms. The molecule has 6 heteroatoms. The molecule has 0 radical (unpaired) electrons. The van der Waals surface area contributed by atoms with Gasteiger partial charge >= 0.3 is 0 Å². The molecule has 1 unspecified atom stereocenters. The third-order valence-electron chi connectivity index (χ3n) is 5.12. The van der Waals surface area contributed by atoms with Crippen LogP contribution >= 0.6 is 0 Å². The van der Waals surface area contributed by atoms with Crippen LogP contribution < -0.4 is 20.3 Å². The molecular formula is C22H30N4O2. The number of nitrogens with zero attached hydrogens (tertiary/aromatic N) is 2. The first kappa shape index (κ1) is 19.9. The lowest BCUT2D eigenvalue weighted by Crippen LogP contribution is -2.51. The number of phenols is 1. The van der Waals surface area contributed by atoms with Gasteiger partial charge < -0.3 is 25.4 Å². The maximum Gasteiger partial charge on any atom is 0.191 e. The molecule has 1 aliphatic rings. The van der Waals surface area contributed by atoms with E-state index in [1.165, 1.54) is 11.3 Å². The van der Waals surface area contributed by atoms with Gasteiger partial charge in [0.25, 0.3) is 0 Å². The first-order chi connectivity index (χ1) is 13.6. The number of rotatable bonds is 5. The van der Waals surface area contributed by atoms with Crippen molar-refractivity contribution in [1.29, 1.82) is 0 Å². The molecular weight excluding hydrogens is 352 g/mol. The Labute approximate surface area is 167 Å². The number of hydrogen-bond donors (Lipinski definition) is 3. The topological polar surface area (TPSA) is 69.1 Å². The van der Waals surface area contributed by atoms with Gasteiger partial charge in [0.1, 0.15) is 11.5 Å². The molecule has 0 spiro atoms. The zero-order valence-electron chi connectivity index (χ0n) is 16.9. The maximum atomic E-state index is 10.1. The fourth-order valence-electron chi connectivity index (χ4n) is 3.48. The van der Waals surface area contributed by atoms with Gasteiger partial charge in [0.05, 0.1) is 7.11 Å². The monoisotopic (exact) mass is 382 g/mol. The van der Waals surface area contributed by atoms with E-state index in [-0.39, 0.29) is 5.75 Å². The average Bonchev–Trinajstić information content (AvgIpc) is 2.73. The van der Waals surface area contributed by atoms with Crippen LogP contribution in [0.2, 0.25) is 0 Å². The van der Waals surface area contributed by atoms with Crippen molar-refractivity contribution in [3.63, 3.8) is 0 Å². The maximum absolute atomic E-state index is 10.1. The average molecular weight is 383 g/mol. The minimum atomic E-state index is 0.243. The molecule has 6 nitrogen and oxygen atoms in total. The lowest BCUT2D eigenvalue weighted by molar-refractivity contribution is 0.410. The number of methoxy groups -OCH3 is 1. The highest BCUT2D eigenvalue weighted by atomic mass is 16.5. The molecule has 0 amide bonds. The Bertz CT molecular complexity index is 805. The van der Waals surface area contributed by atoms with E-state index in [4.69, 9.17) is 4.74 Å². The summed E-state index contributed by atoms with van der Waals surface area (Å²) in [4.78, 5) is 6.76. The molecule has 150 valence electrons. The summed E-state index contributed by atoms with van der Waals surface area (Å²) in [6.07, 6.45) is 2.24. The highest BCUT2D eigenvalue weighted by Crippen LogP contribution is 2.23. The van der Waals surface area contributed by atoms with Crippen molar-refractivity contribution in [1.82, 2.24) is 10.6 Å². The van der Waals surface area contributed by atoms with Crippen molar-refractivity contribution in [2.45, 2.75) is 32.4 Å². The van der Waals surface area contributed by atoms with E-state index in [0.29, 0.717) is 12.6 Å². The number of hydrogen-bond acceptors (Lipinski definition) is 4. The van der Waals surface area contributed by atoms with Gasteiger partial charge in [-0.05, 0) is 50.1 Å². The molecule has 0 bridgehead atoms. The van der Waals surface area contributed by atoms with Gasteiger partial charge in [-0.1, -0.05) is 17.7 Å². The summed E-state index contributed by atoms with van der Waals surface area (Å²) >= 11 is 0. The quantitative estimate of drug-likeness (QED) is 0.548. The Kier molecular flexibility index (Phi) is 6.63. The van der Waals surface area contributed by atoms with Crippen molar-refractivity contribution in [3.8, 4) is 11.5 Å². The number of anilines is 1. The van der Waals surface area contributed by atoms with Crippen LogP contribution in [0.1, 0.15) is 24.0 Å². The normalized spacial score (nSPS) is 17.3. The van der Waals surface area contributed by atoms with Crippen molar-refractivity contribution in [2.75, 3.05) is 32.1 Å². The summed E-state index contributed by atoms with van der Waals surface area (Å²) < 4.78 is 5.24. The predicted molar refractivity (Wildman–Crippen MR) is 114 cm³/mol. The van der Waals surface area contributed by atoms with Gasteiger partial charge in [0, 0.05) is 44.0 Å². The molecule has 1 heterocycles. The van der Waals surface area contributed by atoms with Gasteiger partial charge in [-0.2, -0.15) is 0 Å². The number of nitrogens with one attached hydrogen (secondary N) is 2. The molecule has 1 aliphatic heterocycles. The fourth-order valence-corrected chi connectivity index (χ4v) is 3.48. The Balaban J connectivity index is 1.57. The molecule has 1 atom stereocenters. The number of benzene rings is 2. The van der Waals surface area contributed by atoms with E-state index in [1.807, 2.05) is 6.07 Å². The zero-order valence-corrected chi connectivity index (χ0v) is 16.9. The largest absolute Gasteiger partial charge is 0.508 e. The summed E-state index contributed by atoms with van der Waals surface area (Å²) in [6, 6.07) is 14.2. The second kappa shape index (κ2) is 9.35. The lowest BCUT2D eigenvalue weighted by atomic mass is 10.0. The first-order valence-corrected chi connectivity index (χ1v) is 9.73. The highest BCUT2D eigenvalue weighted by Gasteiger charge is 2.21. The Morgan fingerprint density at radius 3 is 2.75 bits per heavy atom. The summed E-state index contributed by atoms with van der Waals surface area (Å²) in [5, 5.41) is 16.9. The number of aryl methyl sites for hydroxylation is 1. The van der Waals surface area contributed by atoms with Crippen LogP contribution in [-0.4, -0.2) is 44.4 Å². The summed E-state index contributed by atoms with van der Waals surface area (Å²) in [5.41, 5.74) is 3.31. The molecule has 2 aromatic rings. The molecule has 1 saturated heterocycles. The van der Waals surface area contributed by atoms with Crippen molar-refractivity contribution >= 4 is 11.6 Å². The summed E-state index contributed by atoms with van der Waals surface area (Å²) in [7, 11) is 3.38. The second-order valence-corrected chi connectivity index (χ2v) is 7.19. The highest BCUT2D eigenvalue weighted by molar-refractivity contribution is 5.80. The number of aliphatic imine (C=N–C) groups is 1. The van der Waals surface area contributed by atoms with E-state index in [0.717, 1.165) is 43.2 Å². The fraction of sp³-hybridized carbons (Fsp3) is 0.409. The molecule has 3 N–H and O–H groups in total. The number of aromatic hydroxyl groups is 1. The van der Waals surface area contributed by atoms with Gasteiger partial charge in [-0.25, -0.2) is 0 Å². The van der Waals surface area contributed by atoms with E-state index in [1.54, 1.807) is 26.3 Å². The third-order valence-corrected chi connectivity index (χ3v) is 5.12. The lowest BCUT2D eigenvalue weighted by Gasteiger charge is -2.35. The number of phenolic OH excluding ortho intramolecular Hbond substituents is 1. The third kappa shape index (κ3) is 5.09. The molecule has 1 fully saturated rings. The van der Waals surface area contributed by atoms with Crippen LogP contribution in [0.25, 0.3) is 0 Å². The standard InChI is InChI=1S/C22H30N4O2/c1-16-6-8-19(9-7-16)26-12-4-5-18(15-26)25-22(23-2)24-14-17-13-20(28-3)10-11-21(17)27/h6-11,13,18,27H,4-5,12,14-15H2,1-3H3,(H2,23,24,25). The molecule has 0 saturated carbocycles. The van der Waals surface area contributed by atoms with E-state index < -0.39 is 0 Å². The SMILES string of the molecule is CN=C(NCc1cc(OC)ccc1O)NC1CCCN(c2ccc(C)cc2)C1. The molecule has 3 rings (SSSR count). The Hall–Kier alpha value is -2.89. The van der Waals surface area contributed by atoms with Crippen LogP contribution in [-0.2, 0) is 6.54 Å². The zero-order chi connectivity index (χ0) is 19.9. The van der Waals surface area contributed by atoms with Gasteiger partial charge in [-0.3, -0.25) is 4.99 Å². The van der Waals surface area contributed by atoms with E-state index in [2.05, 4.69) is 51.7 Å². The Morgan fingerprint density at radius 2 is 2.04 bits per heavy atom. The first-order valence-electron chi connectivity index (χ1n) is 9.73. The van der Waals surface area contributed by atoms with Crippen LogP contribution in [0.4, 0.5) is 5.69 Å². The van der Waals surface area contributed by atoms with Gasteiger partial charge in [0.15, 0.2) is 5.96 Å². The van der Waals surface area contributed by atoms with Crippen LogP contribution in [0.3, 0.4) is 0 Å². The number of guanidine groups is 1. The number of piperidine rings is 1. The van der Waals surface area contributed by atoms with E-state index >= 15 is 0 Å². The van der Waals surface area contributed by atoms with Crippen LogP contribution in [0, 0.1) is 6.92 Å². The van der Waals surface area contributed by atoms with Crippen molar-refractivity contribution in [2.24, 2.45) is 4.99 Å². The van der Waals surface area contributed by atoms with Gasteiger partial charge in [-0.15, -0.1) is 0 Å². The van der Waals surface area contributed by atoms with E-state index in [9.17, 15) is 5.11 Å². The summed E-state index contributed by atoms with van der Waals surface area (Å²) in [5.74, 6) is 1.70. The molecule has 2 aromatic carbocycles. The predicted octanol–water partition coefficient (Wildman–Crippen LogP) is 3.04. The molecule has 0 aliphatic carbocycles. The van der Waals surface area contributed by atoms with Crippen molar-refractivity contribution < 1.29 is 9.84 Å². The second-order valence-electron chi connectivity index (χ2n) is 7.19. The van der Waals surface area contributed by atoms with Crippen LogP contribution in [0.5, 0.6) is 11.5 Å². The molecule has 0 aromatic heterocycles. The Morgan fingerprint density at radius 1 is 1.25 bits per heavy atom. The van der Waals surface area contributed by atoms with Crippen LogP contribution in [0.15, 0.2) is 47.5 Å². The van der Waals surface area contributed by atoms with Gasteiger partial charge in [0.2, 0.25) is 0 Å². The minimum Gasteiger partial charge on any atom is -0.508 e.